The van der Waals surface area contributed by atoms with Crippen molar-refractivity contribution in [3.05, 3.63) is 22.7 Å². The van der Waals surface area contributed by atoms with E-state index < -0.39 is 0 Å². The lowest BCUT2D eigenvalue weighted by molar-refractivity contribution is -0.119. The Hall–Kier alpha value is -0.770. The summed E-state index contributed by atoms with van der Waals surface area (Å²) < 4.78 is 0.796. The number of rotatable bonds is 3. The van der Waals surface area contributed by atoms with Crippen LogP contribution in [-0.4, -0.2) is 15.8 Å². The summed E-state index contributed by atoms with van der Waals surface area (Å²) in [7, 11) is 0. The van der Waals surface area contributed by atoms with Crippen LogP contribution in [0.2, 0.25) is 0 Å². The molecular formula is C9H11BrN2O. The maximum atomic E-state index is 11.4. The van der Waals surface area contributed by atoms with Gasteiger partial charge in [0.1, 0.15) is 12.1 Å². The van der Waals surface area contributed by atoms with Crippen molar-refractivity contribution >= 4 is 21.7 Å². The Morgan fingerprint density at radius 3 is 2.92 bits per heavy atom. The molecule has 0 aliphatic carbocycles. The van der Waals surface area contributed by atoms with Crippen LogP contribution in [0.3, 0.4) is 0 Å². The molecule has 0 spiro atoms. The molecule has 0 bridgehead atoms. The van der Waals surface area contributed by atoms with Crippen molar-refractivity contribution in [3.63, 3.8) is 0 Å². The first kappa shape index (κ1) is 10.3. The molecule has 0 saturated carbocycles. The van der Waals surface area contributed by atoms with E-state index in [2.05, 4.69) is 25.9 Å². The fourth-order valence-electron chi connectivity index (χ4n) is 1.10. The molecule has 1 atom stereocenters. The van der Waals surface area contributed by atoms with E-state index in [1.165, 1.54) is 6.33 Å². The Morgan fingerprint density at radius 2 is 2.38 bits per heavy atom. The third kappa shape index (κ3) is 2.34. The molecule has 1 heterocycles. The largest absolute Gasteiger partial charge is 0.299 e. The van der Waals surface area contributed by atoms with Gasteiger partial charge in [0, 0.05) is 12.6 Å². The standard InChI is InChI=1S/C9H11BrN2O/c1-3-8(13)6(2)9-7(10)4-11-5-12-9/h4-6H,3H2,1-2H3. The fourth-order valence-corrected chi connectivity index (χ4v) is 1.66. The summed E-state index contributed by atoms with van der Waals surface area (Å²) in [5.41, 5.74) is 0.766. The van der Waals surface area contributed by atoms with Gasteiger partial charge in [-0.15, -0.1) is 0 Å². The van der Waals surface area contributed by atoms with Gasteiger partial charge in [-0.3, -0.25) is 4.79 Å². The van der Waals surface area contributed by atoms with Crippen molar-refractivity contribution < 1.29 is 4.79 Å². The molecule has 0 aliphatic heterocycles. The van der Waals surface area contributed by atoms with E-state index in [1.807, 2.05) is 13.8 Å². The van der Waals surface area contributed by atoms with Crippen LogP contribution >= 0.6 is 15.9 Å². The molecule has 3 nitrogen and oxygen atoms in total. The van der Waals surface area contributed by atoms with Crippen LogP contribution in [-0.2, 0) is 4.79 Å². The summed E-state index contributed by atoms with van der Waals surface area (Å²) in [4.78, 5) is 19.3. The molecule has 1 aromatic rings. The van der Waals surface area contributed by atoms with Crippen LogP contribution in [0.1, 0.15) is 31.9 Å². The maximum Gasteiger partial charge on any atom is 0.141 e. The quantitative estimate of drug-likeness (QED) is 0.818. The molecule has 0 aliphatic rings. The molecule has 0 amide bonds. The normalized spacial score (nSPS) is 12.5. The molecule has 70 valence electrons. The van der Waals surface area contributed by atoms with Crippen LogP contribution in [0.25, 0.3) is 0 Å². The second-order valence-electron chi connectivity index (χ2n) is 2.80. The van der Waals surface area contributed by atoms with E-state index in [1.54, 1.807) is 6.20 Å². The van der Waals surface area contributed by atoms with Crippen molar-refractivity contribution in [1.82, 2.24) is 9.97 Å². The van der Waals surface area contributed by atoms with E-state index in [0.717, 1.165) is 10.2 Å². The zero-order valence-electron chi connectivity index (χ0n) is 7.62. The predicted molar refractivity (Wildman–Crippen MR) is 53.4 cm³/mol. The van der Waals surface area contributed by atoms with Gasteiger partial charge in [-0.2, -0.15) is 0 Å². The number of ketones is 1. The summed E-state index contributed by atoms with van der Waals surface area (Å²) in [6.07, 6.45) is 3.65. The summed E-state index contributed by atoms with van der Waals surface area (Å²) in [5, 5.41) is 0. The monoisotopic (exact) mass is 242 g/mol. The lowest BCUT2D eigenvalue weighted by Crippen LogP contribution is -2.10. The van der Waals surface area contributed by atoms with Crippen molar-refractivity contribution in [2.24, 2.45) is 0 Å². The van der Waals surface area contributed by atoms with Gasteiger partial charge in [0.05, 0.1) is 16.1 Å². The average molecular weight is 243 g/mol. The second kappa shape index (κ2) is 4.46. The number of hydrogen-bond donors (Lipinski definition) is 0. The Kier molecular flexibility index (Phi) is 3.54. The number of carbonyl (C=O) groups excluding carboxylic acids is 1. The van der Waals surface area contributed by atoms with E-state index in [4.69, 9.17) is 0 Å². The first-order valence-electron chi connectivity index (χ1n) is 4.15. The zero-order valence-corrected chi connectivity index (χ0v) is 9.21. The number of Topliss-reactive ketones (excluding diaryl/α,β-unsaturated/α-hetero) is 1. The highest BCUT2D eigenvalue weighted by Crippen LogP contribution is 2.22. The molecule has 0 fully saturated rings. The molecule has 0 N–H and O–H groups in total. The SMILES string of the molecule is CCC(=O)C(C)c1ncncc1Br. The molecule has 1 aromatic heterocycles. The molecular weight excluding hydrogens is 232 g/mol. The number of halogens is 1. The van der Waals surface area contributed by atoms with Crippen LogP contribution in [0.4, 0.5) is 0 Å². The maximum absolute atomic E-state index is 11.4. The number of carbonyl (C=O) groups is 1. The minimum atomic E-state index is -0.151. The summed E-state index contributed by atoms with van der Waals surface area (Å²) in [5.74, 6) is 0.0433. The van der Waals surface area contributed by atoms with Gasteiger partial charge in [0.25, 0.3) is 0 Å². The molecule has 0 saturated heterocycles. The predicted octanol–water partition coefficient (Wildman–Crippen LogP) is 2.32. The average Bonchev–Trinajstić information content (AvgIpc) is 2.16. The van der Waals surface area contributed by atoms with Gasteiger partial charge >= 0.3 is 0 Å². The van der Waals surface area contributed by atoms with Crippen molar-refractivity contribution in [3.8, 4) is 0 Å². The van der Waals surface area contributed by atoms with E-state index in [-0.39, 0.29) is 11.7 Å². The first-order chi connectivity index (χ1) is 6.16. The third-order valence-electron chi connectivity index (χ3n) is 1.94. The lowest BCUT2D eigenvalue weighted by Gasteiger charge is -2.09. The minimum absolute atomic E-state index is 0.151. The van der Waals surface area contributed by atoms with Crippen molar-refractivity contribution in [1.29, 1.82) is 0 Å². The van der Waals surface area contributed by atoms with E-state index in [0.29, 0.717) is 6.42 Å². The Morgan fingerprint density at radius 1 is 1.69 bits per heavy atom. The molecule has 0 radical (unpaired) electrons. The molecule has 4 heteroatoms. The highest BCUT2D eigenvalue weighted by Gasteiger charge is 2.16. The van der Waals surface area contributed by atoms with Gasteiger partial charge in [0.2, 0.25) is 0 Å². The van der Waals surface area contributed by atoms with Crippen molar-refractivity contribution in [2.45, 2.75) is 26.2 Å². The van der Waals surface area contributed by atoms with Gasteiger partial charge in [-0.05, 0) is 22.9 Å². The van der Waals surface area contributed by atoms with Gasteiger partial charge in [0.15, 0.2) is 0 Å². The molecule has 0 aromatic carbocycles. The van der Waals surface area contributed by atoms with Crippen LogP contribution in [0.15, 0.2) is 17.0 Å². The fraction of sp³-hybridized carbons (Fsp3) is 0.444. The summed E-state index contributed by atoms with van der Waals surface area (Å²) >= 11 is 3.32. The van der Waals surface area contributed by atoms with Gasteiger partial charge < -0.3 is 0 Å². The Bertz CT molecular complexity index is 314. The molecule has 13 heavy (non-hydrogen) atoms. The van der Waals surface area contributed by atoms with E-state index >= 15 is 0 Å². The van der Waals surface area contributed by atoms with Crippen LogP contribution in [0.5, 0.6) is 0 Å². The first-order valence-corrected chi connectivity index (χ1v) is 4.94. The minimum Gasteiger partial charge on any atom is -0.299 e. The van der Waals surface area contributed by atoms with Crippen LogP contribution < -0.4 is 0 Å². The Labute approximate surface area is 85.7 Å². The van der Waals surface area contributed by atoms with Crippen molar-refractivity contribution in [2.75, 3.05) is 0 Å². The highest BCUT2D eigenvalue weighted by atomic mass is 79.9. The highest BCUT2D eigenvalue weighted by molar-refractivity contribution is 9.10. The second-order valence-corrected chi connectivity index (χ2v) is 3.65. The Balaban J connectivity index is 2.95. The topological polar surface area (TPSA) is 42.9 Å². The van der Waals surface area contributed by atoms with E-state index in [9.17, 15) is 4.79 Å². The summed E-state index contributed by atoms with van der Waals surface area (Å²) in [6.45, 7) is 3.72. The lowest BCUT2D eigenvalue weighted by atomic mass is 10.0. The third-order valence-corrected chi connectivity index (χ3v) is 2.55. The molecule has 1 unspecified atom stereocenters. The summed E-state index contributed by atoms with van der Waals surface area (Å²) in [6, 6.07) is 0. The van der Waals surface area contributed by atoms with Crippen LogP contribution in [0, 0.1) is 0 Å². The smallest absolute Gasteiger partial charge is 0.141 e. The number of hydrogen-bond acceptors (Lipinski definition) is 3. The number of aromatic nitrogens is 2. The molecule has 1 rings (SSSR count). The van der Waals surface area contributed by atoms with Gasteiger partial charge in [-0.25, -0.2) is 9.97 Å². The zero-order chi connectivity index (χ0) is 9.84. The number of nitrogens with zero attached hydrogens (tertiary/aromatic N) is 2. The van der Waals surface area contributed by atoms with Gasteiger partial charge in [-0.1, -0.05) is 6.92 Å².